The van der Waals surface area contributed by atoms with Crippen molar-refractivity contribution in [1.82, 2.24) is 0 Å². The van der Waals surface area contributed by atoms with E-state index in [0.717, 1.165) is 0 Å². The Kier molecular flexibility index (Phi) is 3.89. The number of carbonyl (C=O) groups is 1. The van der Waals surface area contributed by atoms with Gasteiger partial charge < -0.3 is 5.11 Å². The number of carboxylic acids is 1. The number of halogens is 3. The van der Waals surface area contributed by atoms with Crippen molar-refractivity contribution < 1.29 is 14.3 Å². The van der Waals surface area contributed by atoms with Gasteiger partial charge in [0.05, 0.1) is 5.02 Å². The van der Waals surface area contributed by atoms with Crippen molar-refractivity contribution in [2.24, 2.45) is 0 Å². The van der Waals surface area contributed by atoms with Gasteiger partial charge in [-0.15, -0.1) is 0 Å². The van der Waals surface area contributed by atoms with Crippen LogP contribution in [0.15, 0.2) is 16.6 Å². The highest BCUT2D eigenvalue weighted by Crippen LogP contribution is 2.26. The predicted octanol–water partition coefficient (Wildman–Crippen LogP) is 3.26. The molecule has 0 aliphatic carbocycles. The number of rotatable bonds is 3. The molecule has 0 unspecified atom stereocenters. The van der Waals surface area contributed by atoms with E-state index < -0.39 is 11.8 Å². The summed E-state index contributed by atoms with van der Waals surface area (Å²) in [5, 5.41) is 8.46. The first kappa shape index (κ1) is 11.5. The zero-order valence-electron chi connectivity index (χ0n) is 7.06. The van der Waals surface area contributed by atoms with Crippen LogP contribution in [0.5, 0.6) is 0 Å². The number of hydrogen-bond acceptors (Lipinski definition) is 1. The summed E-state index contributed by atoms with van der Waals surface area (Å²) in [6.45, 7) is 0. The standard InChI is InChI=1S/C9H7BrClFO2/c10-6-2-3-7(11)9(12)5(6)1-4-8(13)14/h2-3H,1,4H2,(H,13,14). The Balaban J connectivity index is 2.95. The summed E-state index contributed by atoms with van der Waals surface area (Å²) in [6, 6.07) is 3.02. The summed E-state index contributed by atoms with van der Waals surface area (Å²) < 4.78 is 13.9. The Labute approximate surface area is 93.8 Å². The van der Waals surface area contributed by atoms with Crippen LogP contribution < -0.4 is 0 Å². The second kappa shape index (κ2) is 4.75. The smallest absolute Gasteiger partial charge is 0.303 e. The molecule has 76 valence electrons. The Hall–Kier alpha value is -0.610. The maximum Gasteiger partial charge on any atom is 0.303 e. The lowest BCUT2D eigenvalue weighted by Gasteiger charge is -2.05. The van der Waals surface area contributed by atoms with Crippen molar-refractivity contribution in [3.8, 4) is 0 Å². The molecule has 1 N–H and O–H groups in total. The topological polar surface area (TPSA) is 37.3 Å². The molecule has 0 aliphatic rings. The summed E-state index contributed by atoms with van der Waals surface area (Å²) in [5.41, 5.74) is 0.305. The maximum atomic E-state index is 13.4. The first-order valence-corrected chi connectivity index (χ1v) is 5.03. The van der Waals surface area contributed by atoms with Crippen molar-refractivity contribution in [3.05, 3.63) is 33.0 Å². The Bertz CT molecular complexity index is 368. The lowest BCUT2D eigenvalue weighted by Crippen LogP contribution is -2.00. The van der Waals surface area contributed by atoms with Gasteiger partial charge in [-0.2, -0.15) is 0 Å². The van der Waals surface area contributed by atoms with Crippen molar-refractivity contribution in [1.29, 1.82) is 0 Å². The summed E-state index contributed by atoms with van der Waals surface area (Å²) in [6.07, 6.45) is 0.0121. The highest BCUT2D eigenvalue weighted by molar-refractivity contribution is 9.10. The van der Waals surface area contributed by atoms with Gasteiger partial charge in [0.25, 0.3) is 0 Å². The van der Waals surface area contributed by atoms with Crippen LogP contribution in [-0.4, -0.2) is 11.1 Å². The molecular weight excluding hydrogens is 274 g/mol. The van der Waals surface area contributed by atoms with Crippen LogP contribution in [-0.2, 0) is 11.2 Å². The zero-order chi connectivity index (χ0) is 10.7. The SMILES string of the molecule is O=C(O)CCc1c(Br)ccc(Cl)c1F. The number of carboxylic acid groups (broad SMARTS) is 1. The highest BCUT2D eigenvalue weighted by Gasteiger charge is 2.11. The normalized spacial score (nSPS) is 10.2. The zero-order valence-corrected chi connectivity index (χ0v) is 9.40. The minimum Gasteiger partial charge on any atom is -0.481 e. The van der Waals surface area contributed by atoms with E-state index in [4.69, 9.17) is 16.7 Å². The molecule has 2 nitrogen and oxygen atoms in total. The highest BCUT2D eigenvalue weighted by atomic mass is 79.9. The third-order valence-corrected chi connectivity index (χ3v) is 2.76. The molecule has 1 rings (SSSR count). The lowest BCUT2D eigenvalue weighted by molar-refractivity contribution is -0.136. The van der Waals surface area contributed by atoms with Crippen LogP contribution in [0.25, 0.3) is 0 Å². The first-order chi connectivity index (χ1) is 6.52. The van der Waals surface area contributed by atoms with Gasteiger partial charge in [0.15, 0.2) is 0 Å². The molecule has 0 aliphatic heterocycles. The van der Waals surface area contributed by atoms with Crippen LogP contribution in [0.1, 0.15) is 12.0 Å². The molecule has 0 spiro atoms. The molecular formula is C9H7BrClFO2. The molecule has 14 heavy (non-hydrogen) atoms. The van der Waals surface area contributed by atoms with Crippen LogP contribution >= 0.6 is 27.5 Å². The van der Waals surface area contributed by atoms with Gasteiger partial charge in [-0.1, -0.05) is 27.5 Å². The van der Waals surface area contributed by atoms with E-state index in [-0.39, 0.29) is 17.9 Å². The van der Waals surface area contributed by atoms with Gasteiger partial charge in [0, 0.05) is 16.5 Å². The molecule has 0 fully saturated rings. The second-order valence-electron chi connectivity index (χ2n) is 2.72. The van der Waals surface area contributed by atoms with Crippen molar-refractivity contribution >= 4 is 33.5 Å². The molecule has 5 heteroatoms. The van der Waals surface area contributed by atoms with Gasteiger partial charge >= 0.3 is 5.97 Å². The minimum absolute atomic E-state index is 0.00795. The average Bonchev–Trinajstić information content (AvgIpc) is 2.11. The second-order valence-corrected chi connectivity index (χ2v) is 3.98. The molecule has 0 amide bonds. The van der Waals surface area contributed by atoms with E-state index in [2.05, 4.69) is 15.9 Å². The number of hydrogen-bond donors (Lipinski definition) is 1. The van der Waals surface area contributed by atoms with E-state index in [0.29, 0.717) is 10.0 Å². The Morgan fingerprint density at radius 1 is 1.57 bits per heavy atom. The van der Waals surface area contributed by atoms with Crippen molar-refractivity contribution in [3.63, 3.8) is 0 Å². The van der Waals surface area contributed by atoms with Crippen molar-refractivity contribution in [2.75, 3.05) is 0 Å². The quantitative estimate of drug-likeness (QED) is 0.864. The van der Waals surface area contributed by atoms with Gasteiger partial charge in [-0.3, -0.25) is 4.79 Å². The number of aliphatic carboxylic acids is 1. The van der Waals surface area contributed by atoms with Gasteiger partial charge in [0.2, 0.25) is 0 Å². The molecule has 0 heterocycles. The fourth-order valence-corrected chi connectivity index (χ4v) is 1.71. The fourth-order valence-electron chi connectivity index (χ4n) is 1.03. The summed E-state index contributed by atoms with van der Waals surface area (Å²) in [5.74, 6) is -1.52. The summed E-state index contributed by atoms with van der Waals surface area (Å²) >= 11 is 8.70. The fraction of sp³-hybridized carbons (Fsp3) is 0.222. The van der Waals surface area contributed by atoms with E-state index >= 15 is 0 Å². The molecule has 0 aromatic heterocycles. The van der Waals surface area contributed by atoms with Crippen molar-refractivity contribution in [2.45, 2.75) is 12.8 Å². The number of benzene rings is 1. The predicted molar refractivity (Wildman–Crippen MR) is 55.1 cm³/mol. The van der Waals surface area contributed by atoms with Gasteiger partial charge in [-0.05, 0) is 18.6 Å². The lowest BCUT2D eigenvalue weighted by atomic mass is 10.1. The van der Waals surface area contributed by atoms with Gasteiger partial charge in [0.1, 0.15) is 5.82 Å². The van der Waals surface area contributed by atoms with E-state index in [9.17, 15) is 9.18 Å². The third kappa shape index (κ3) is 2.69. The van der Waals surface area contributed by atoms with Crippen LogP contribution in [0.3, 0.4) is 0 Å². The maximum absolute atomic E-state index is 13.4. The van der Waals surface area contributed by atoms with E-state index in [1.165, 1.54) is 6.07 Å². The molecule has 0 saturated heterocycles. The van der Waals surface area contributed by atoms with Gasteiger partial charge in [-0.25, -0.2) is 4.39 Å². The Morgan fingerprint density at radius 2 is 2.21 bits per heavy atom. The largest absolute Gasteiger partial charge is 0.481 e. The minimum atomic E-state index is -0.962. The Morgan fingerprint density at radius 3 is 2.79 bits per heavy atom. The van der Waals surface area contributed by atoms with Crippen LogP contribution in [0, 0.1) is 5.82 Å². The van der Waals surface area contributed by atoms with E-state index in [1.54, 1.807) is 6.07 Å². The average molecular weight is 282 g/mol. The third-order valence-electron chi connectivity index (χ3n) is 1.73. The monoisotopic (exact) mass is 280 g/mol. The molecule has 1 aromatic carbocycles. The molecule has 0 radical (unpaired) electrons. The van der Waals surface area contributed by atoms with Crippen LogP contribution in [0.4, 0.5) is 4.39 Å². The summed E-state index contributed by atoms with van der Waals surface area (Å²) in [4.78, 5) is 10.3. The first-order valence-electron chi connectivity index (χ1n) is 3.86. The van der Waals surface area contributed by atoms with E-state index in [1.807, 2.05) is 0 Å². The summed E-state index contributed by atoms with van der Waals surface area (Å²) in [7, 11) is 0. The molecule has 0 atom stereocenters. The van der Waals surface area contributed by atoms with Crippen LogP contribution in [0.2, 0.25) is 5.02 Å². The molecule has 0 bridgehead atoms. The molecule has 1 aromatic rings. The molecule has 0 saturated carbocycles.